The lowest BCUT2D eigenvalue weighted by atomic mass is 9.90. The summed E-state index contributed by atoms with van der Waals surface area (Å²) in [4.78, 5) is 13.4. The Balaban J connectivity index is 1.98. The van der Waals surface area contributed by atoms with Crippen molar-refractivity contribution in [2.24, 2.45) is 0 Å². The average molecular weight is 408 g/mol. The van der Waals surface area contributed by atoms with Crippen molar-refractivity contribution in [3.63, 3.8) is 0 Å². The molecule has 28 heavy (non-hydrogen) atoms. The van der Waals surface area contributed by atoms with E-state index in [1.165, 1.54) is 12.0 Å². The molecule has 0 aliphatic carbocycles. The van der Waals surface area contributed by atoms with E-state index in [1.807, 2.05) is 28.3 Å². The van der Waals surface area contributed by atoms with Gasteiger partial charge in [0.1, 0.15) is 18.8 Å². The van der Waals surface area contributed by atoms with Crippen molar-refractivity contribution >= 4 is 18.2 Å². The van der Waals surface area contributed by atoms with Gasteiger partial charge in [-0.25, -0.2) is 0 Å². The van der Waals surface area contributed by atoms with Crippen LogP contribution in [0.25, 0.3) is 0 Å². The van der Waals surface area contributed by atoms with Crippen LogP contribution in [0.15, 0.2) is 18.5 Å². The fourth-order valence-electron chi connectivity index (χ4n) is 3.75. The molecule has 0 fully saturated rings. The second-order valence-electron chi connectivity index (χ2n) is 6.75. The minimum atomic E-state index is -0.243. The first-order valence-corrected chi connectivity index (χ1v) is 9.71. The molecule has 1 aromatic heterocycles. The summed E-state index contributed by atoms with van der Waals surface area (Å²) in [7, 11) is 4.66. The van der Waals surface area contributed by atoms with Crippen LogP contribution in [0.3, 0.4) is 0 Å². The Morgan fingerprint density at radius 3 is 2.61 bits per heavy atom. The summed E-state index contributed by atoms with van der Waals surface area (Å²) < 4.78 is 20.3. The van der Waals surface area contributed by atoms with Gasteiger partial charge < -0.3 is 23.7 Å². The monoisotopic (exact) mass is 407 g/mol. The molecule has 1 aromatic carbocycles. The third kappa shape index (κ3) is 3.90. The minimum absolute atomic E-state index is 0.0790. The van der Waals surface area contributed by atoms with E-state index in [9.17, 15) is 4.79 Å². The van der Waals surface area contributed by atoms with Crippen LogP contribution in [-0.2, 0) is 29.2 Å². The molecule has 152 valence electrons. The Bertz CT molecular complexity index is 908. The maximum Gasteiger partial charge on any atom is 0.311 e. The van der Waals surface area contributed by atoms with Crippen molar-refractivity contribution in [2.75, 3.05) is 27.9 Å². The van der Waals surface area contributed by atoms with Crippen LogP contribution in [0.2, 0.25) is 0 Å². The lowest BCUT2D eigenvalue weighted by Crippen LogP contribution is -3.12. The number of hydrogen-bond donors (Lipinski definition) is 1. The minimum Gasteiger partial charge on any atom is -0.493 e. The number of ether oxygens (including phenoxy) is 3. The Morgan fingerprint density at radius 1 is 1.29 bits per heavy atom. The highest BCUT2D eigenvalue weighted by atomic mass is 32.1. The summed E-state index contributed by atoms with van der Waals surface area (Å²) in [5.41, 5.74) is 2.24. The van der Waals surface area contributed by atoms with Gasteiger partial charge in [-0.15, -0.1) is 0 Å². The van der Waals surface area contributed by atoms with E-state index in [1.54, 1.807) is 20.5 Å². The fraction of sp³-hybridized carbons (Fsp3) is 0.526. The van der Waals surface area contributed by atoms with E-state index in [0.29, 0.717) is 22.9 Å². The van der Waals surface area contributed by atoms with Gasteiger partial charge in [0.2, 0.25) is 4.77 Å². The molecule has 0 radical (unpaired) electrons. The number of carbonyl (C=O) groups is 1. The molecule has 0 spiro atoms. The van der Waals surface area contributed by atoms with Crippen molar-refractivity contribution in [3.8, 4) is 11.5 Å². The SMILES string of the molecule is CCn1cnn(C[NH+]2CCc3cc(OC)c(OC)cc3[C@H]2CC(=O)OC)c1=S. The van der Waals surface area contributed by atoms with E-state index in [0.717, 1.165) is 30.6 Å². The fourth-order valence-corrected chi connectivity index (χ4v) is 4.04. The maximum absolute atomic E-state index is 12.1. The van der Waals surface area contributed by atoms with Crippen molar-refractivity contribution in [3.05, 3.63) is 34.4 Å². The molecule has 2 aromatic rings. The highest BCUT2D eigenvalue weighted by molar-refractivity contribution is 7.71. The van der Waals surface area contributed by atoms with Crippen LogP contribution < -0.4 is 14.4 Å². The van der Waals surface area contributed by atoms with Crippen molar-refractivity contribution in [1.82, 2.24) is 14.3 Å². The molecular weight excluding hydrogens is 380 g/mol. The smallest absolute Gasteiger partial charge is 0.311 e. The third-order valence-corrected chi connectivity index (χ3v) is 5.76. The normalized spacial score (nSPS) is 18.4. The number of benzene rings is 1. The average Bonchev–Trinajstić information content (AvgIpc) is 3.07. The van der Waals surface area contributed by atoms with Crippen LogP contribution in [-0.4, -0.2) is 48.2 Å². The highest BCUT2D eigenvalue weighted by Crippen LogP contribution is 2.35. The molecule has 1 aliphatic rings. The number of aryl methyl sites for hydroxylation is 1. The van der Waals surface area contributed by atoms with Crippen LogP contribution >= 0.6 is 12.2 Å². The highest BCUT2D eigenvalue weighted by Gasteiger charge is 2.35. The van der Waals surface area contributed by atoms with Crippen molar-refractivity contribution in [2.45, 2.75) is 39.0 Å². The third-order valence-electron chi connectivity index (χ3n) is 5.32. The van der Waals surface area contributed by atoms with Gasteiger partial charge in [-0.1, -0.05) is 0 Å². The number of quaternary nitrogens is 1. The van der Waals surface area contributed by atoms with Crippen LogP contribution in [0, 0.1) is 4.77 Å². The molecule has 0 saturated heterocycles. The first-order chi connectivity index (χ1) is 13.5. The van der Waals surface area contributed by atoms with Crippen LogP contribution in [0.1, 0.15) is 30.5 Å². The maximum atomic E-state index is 12.1. The predicted octanol–water partition coefficient (Wildman–Crippen LogP) is 1.15. The number of aromatic nitrogens is 3. The standard InChI is InChI=1S/C19H26N4O4S/c1-5-21-11-20-23(19(21)28)12-22-7-6-13-8-16(25-2)17(26-3)9-14(13)15(22)10-18(24)27-4/h8-9,11,15H,5-7,10,12H2,1-4H3/p+1/t15-/m1/s1. The molecule has 9 heteroatoms. The van der Waals surface area contributed by atoms with Crippen LogP contribution in [0.5, 0.6) is 11.5 Å². The van der Waals surface area contributed by atoms with E-state index in [-0.39, 0.29) is 18.4 Å². The lowest BCUT2D eigenvalue weighted by molar-refractivity contribution is -0.955. The van der Waals surface area contributed by atoms with Crippen molar-refractivity contribution < 1.29 is 23.9 Å². The molecule has 2 atom stereocenters. The number of nitrogens with one attached hydrogen (secondary N) is 1. The molecule has 8 nitrogen and oxygen atoms in total. The number of nitrogens with zero attached hydrogens (tertiary/aromatic N) is 3. The predicted molar refractivity (Wildman–Crippen MR) is 105 cm³/mol. The van der Waals surface area contributed by atoms with E-state index in [4.69, 9.17) is 26.4 Å². The quantitative estimate of drug-likeness (QED) is 0.549. The summed E-state index contributed by atoms with van der Waals surface area (Å²) in [6, 6.07) is 3.90. The summed E-state index contributed by atoms with van der Waals surface area (Å²) in [6.45, 7) is 4.25. The van der Waals surface area contributed by atoms with Crippen molar-refractivity contribution in [1.29, 1.82) is 0 Å². The van der Waals surface area contributed by atoms with E-state index < -0.39 is 0 Å². The summed E-state index contributed by atoms with van der Waals surface area (Å²) in [5.74, 6) is 1.11. The van der Waals surface area contributed by atoms with Gasteiger partial charge in [0.25, 0.3) is 0 Å². The number of fused-ring (bicyclic) bond motifs is 1. The zero-order valence-electron chi connectivity index (χ0n) is 16.7. The summed E-state index contributed by atoms with van der Waals surface area (Å²) in [6.07, 6.45) is 2.89. The summed E-state index contributed by atoms with van der Waals surface area (Å²) >= 11 is 5.51. The zero-order valence-corrected chi connectivity index (χ0v) is 17.5. The van der Waals surface area contributed by atoms with E-state index in [2.05, 4.69) is 5.10 Å². The van der Waals surface area contributed by atoms with Gasteiger partial charge in [0.05, 0.1) is 27.9 Å². The lowest BCUT2D eigenvalue weighted by Gasteiger charge is -2.34. The number of carbonyl (C=O) groups excluding carboxylic acids is 1. The molecule has 0 bridgehead atoms. The Labute approximate surface area is 169 Å². The first-order valence-electron chi connectivity index (χ1n) is 9.30. The zero-order chi connectivity index (χ0) is 20.3. The molecular formula is C19H27N4O4S+. The van der Waals surface area contributed by atoms with Gasteiger partial charge in [-0.3, -0.25) is 4.79 Å². The van der Waals surface area contributed by atoms with Gasteiger partial charge in [0.15, 0.2) is 18.2 Å². The molecule has 0 amide bonds. The van der Waals surface area contributed by atoms with E-state index >= 15 is 0 Å². The number of esters is 1. The van der Waals surface area contributed by atoms with Gasteiger partial charge in [-0.05, 0) is 36.8 Å². The van der Waals surface area contributed by atoms with Gasteiger partial charge >= 0.3 is 5.97 Å². The molecule has 1 unspecified atom stereocenters. The largest absolute Gasteiger partial charge is 0.493 e. The Hall–Kier alpha value is -2.39. The van der Waals surface area contributed by atoms with Crippen LogP contribution in [0.4, 0.5) is 0 Å². The Kier molecular flexibility index (Phi) is 6.35. The molecule has 1 aliphatic heterocycles. The topological polar surface area (TPSA) is 72.0 Å². The number of methoxy groups -OCH3 is 3. The van der Waals surface area contributed by atoms with Gasteiger partial charge in [-0.2, -0.15) is 9.78 Å². The second kappa shape index (κ2) is 8.74. The van der Waals surface area contributed by atoms with Gasteiger partial charge in [0, 0.05) is 18.5 Å². The molecule has 1 N–H and O–H groups in total. The number of hydrogen-bond acceptors (Lipinski definition) is 6. The molecule has 2 heterocycles. The Morgan fingerprint density at radius 2 is 2.00 bits per heavy atom. The molecule has 0 saturated carbocycles. The second-order valence-corrected chi connectivity index (χ2v) is 7.12. The molecule has 3 rings (SSSR count). The summed E-state index contributed by atoms with van der Waals surface area (Å²) in [5, 5.41) is 4.43. The first kappa shape index (κ1) is 20.3. The number of rotatable bonds is 7.